The lowest BCUT2D eigenvalue weighted by molar-refractivity contribution is 0.595. The smallest absolute Gasteiger partial charge is 0.137 e. The maximum Gasteiger partial charge on any atom is 0.137 e. The van der Waals surface area contributed by atoms with Gasteiger partial charge in [0.25, 0.3) is 0 Å². The average Bonchev–Trinajstić information content (AvgIpc) is 2.19. The molecule has 0 nitrogen and oxygen atoms in total. The summed E-state index contributed by atoms with van der Waals surface area (Å²) in [5.74, 6) is 0.473. The summed E-state index contributed by atoms with van der Waals surface area (Å²) in [7, 11) is 0. The molecule has 0 radical (unpaired) electrons. The second kappa shape index (κ2) is 5.86. The minimum Gasteiger partial charge on any atom is -0.206 e. The molecule has 0 spiro atoms. The number of rotatable bonds is 4. The number of hydrogen-bond acceptors (Lipinski definition) is 0. The molecule has 0 saturated heterocycles. The van der Waals surface area contributed by atoms with Gasteiger partial charge in [-0.2, -0.15) is 0 Å². The van der Waals surface area contributed by atoms with Crippen LogP contribution in [-0.4, -0.2) is 5.33 Å². The third kappa shape index (κ3) is 3.70. The van der Waals surface area contributed by atoms with Crippen LogP contribution in [0.5, 0.6) is 0 Å². The minimum atomic E-state index is -0.192. The molecule has 0 amide bonds. The van der Waals surface area contributed by atoms with Gasteiger partial charge < -0.3 is 0 Å². The molecule has 14 heavy (non-hydrogen) atoms. The Bertz CT molecular complexity index is 299. The number of halogens is 3. The summed E-state index contributed by atoms with van der Waals surface area (Å²) in [4.78, 5) is 0. The van der Waals surface area contributed by atoms with Crippen molar-refractivity contribution in [1.82, 2.24) is 0 Å². The van der Waals surface area contributed by atoms with Crippen LogP contribution in [0.25, 0.3) is 0 Å². The van der Waals surface area contributed by atoms with Crippen molar-refractivity contribution in [2.75, 3.05) is 5.33 Å². The van der Waals surface area contributed by atoms with E-state index in [2.05, 4.69) is 38.8 Å². The highest BCUT2D eigenvalue weighted by Crippen LogP contribution is 2.19. The van der Waals surface area contributed by atoms with Crippen molar-refractivity contribution in [2.45, 2.75) is 19.8 Å². The van der Waals surface area contributed by atoms with Crippen LogP contribution in [0.3, 0.4) is 0 Å². The first-order valence-corrected chi connectivity index (χ1v) is 6.55. The maximum atomic E-state index is 12.9. The summed E-state index contributed by atoms with van der Waals surface area (Å²) in [6, 6.07) is 5.22. The van der Waals surface area contributed by atoms with E-state index in [0.717, 1.165) is 18.2 Å². The number of alkyl halides is 1. The zero-order valence-corrected chi connectivity index (χ0v) is 11.2. The fraction of sp³-hybridized carbons (Fsp3) is 0.455. The highest BCUT2D eigenvalue weighted by atomic mass is 79.9. The summed E-state index contributed by atoms with van der Waals surface area (Å²) >= 11 is 6.63. The minimum absolute atomic E-state index is 0.192. The van der Waals surface area contributed by atoms with Crippen molar-refractivity contribution in [3.05, 3.63) is 34.1 Å². The highest BCUT2D eigenvalue weighted by Gasteiger charge is 2.03. The summed E-state index contributed by atoms with van der Waals surface area (Å²) in [6.07, 6.45) is 2.13. The second-order valence-electron chi connectivity index (χ2n) is 3.55. The zero-order valence-electron chi connectivity index (χ0n) is 8.06. The molecule has 0 aromatic heterocycles. The molecule has 1 atom stereocenters. The molecule has 0 heterocycles. The molecule has 0 saturated carbocycles. The standard InChI is InChI=1S/C11H13Br2F/c1-8(7-12)2-3-9-4-5-11(14)10(13)6-9/h4-6,8H,2-3,7H2,1H3. The first kappa shape index (κ1) is 12.2. The Morgan fingerprint density at radius 2 is 2.14 bits per heavy atom. The molecule has 3 heteroatoms. The molecule has 78 valence electrons. The van der Waals surface area contributed by atoms with Gasteiger partial charge in [0.2, 0.25) is 0 Å². The van der Waals surface area contributed by atoms with E-state index in [4.69, 9.17) is 0 Å². The monoisotopic (exact) mass is 322 g/mol. The third-order valence-corrected chi connectivity index (χ3v) is 3.89. The van der Waals surface area contributed by atoms with Crippen molar-refractivity contribution in [3.63, 3.8) is 0 Å². The molecule has 0 aliphatic rings. The Labute approximate surface area is 101 Å². The van der Waals surface area contributed by atoms with Crippen LogP contribution in [0.1, 0.15) is 18.9 Å². The number of benzene rings is 1. The van der Waals surface area contributed by atoms with Crippen LogP contribution in [0, 0.1) is 11.7 Å². The van der Waals surface area contributed by atoms with Gasteiger partial charge in [-0.1, -0.05) is 28.9 Å². The Balaban J connectivity index is 2.55. The zero-order chi connectivity index (χ0) is 10.6. The van der Waals surface area contributed by atoms with Gasteiger partial charge in [0.1, 0.15) is 5.82 Å². The summed E-state index contributed by atoms with van der Waals surface area (Å²) in [6.45, 7) is 2.20. The van der Waals surface area contributed by atoms with E-state index in [1.165, 1.54) is 11.6 Å². The van der Waals surface area contributed by atoms with Crippen LogP contribution in [0.2, 0.25) is 0 Å². The van der Waals surface area contributed by atoms with Crippen molar-refractivity contribution >= 4 is 31.9 Å². The molecule has 0 bridgehead atoms. The highest BCUT2D eigenvalue weighted by molar-refractivity contribution is 9.10. The Kier molecular flexibility index (Phi) is 5.10. The first-order chi connectivity index (χ1) is 6.63. The largest absolute Gasteiger partial charge is 0.206 e. The molecule has 1 unspecified atom stereocenters. The van der Waals surface area contributed by atoms with E-state index in [0.29, 0.717) is 10.4 Å². The molecule has 0 N–H and O–H groups in total. The molecule has 1 aromatic carbocycles. The summed E-state index contributed by atoms with van der Waals surface area (Å²) in [5.41, 5.74) is 1.19. The second-order valence-corrected chi connectivity index (χ2v) is 5.05. The van der Waals surface area contributed by atoms with Gasteiger partial charge in [0.05, 0.1) is 4.47 Å². The first-order valence-electron chi connectivity index (χ1n) is 4.63. The molecular formula is C11H13Br2F. The van der Waals surface area contributed by atoms with Crippen LogP contribution < -0.4 is 0 Å². The molecule has 1 rings (SSSR count). The average molecular weight is 324 g/mol. The van der Waals surface area contributed by atoms with E-state index < -0.39 is 0 Å². The van der Waals surface area contributed by atoms with Gasteiger partial charge in [-0.3, -0.25) is 0 Å². The van der Waals surface area contributed by atoms with Gasteiger partial charge in [0, 0.05) is 5.33 Å². The summed E-state index contributed by atoms with van der Waals surface area (Å²) in [5, 5.41) is 1.02. The van der Waals surface area contributed by atoms with E-state index in [1.807, 2.05) is 12.1 Å². The van der Waals surface area contributed by atoms with E-state index in [1.54, 1.807) is 0 Å². The molecule has 0 aliphatic carbocycles. The third-order valence-electron chi connectivity index (χ3n) is 2.17. The maximum absolute atomic E-state index is 12.9. The topological polar surface area (TPSA) is 0 Å². The van der Waals surface area contributed by atoms with E-state index in [-0.39, 0.29) is 5.82 Å². The number of hydrogen-bond donors (Lipinski definition) is 0. The lowest BCUT2D eigenvalue weighted by atomic mass is 10.0. The van der Waals surface area contributed by atoms with E-state index >= 15 is 0 Å². The van der Waals surface area contributed by atoms with Crippen LogP contribution in [0.15, 0.2) is 22.7 Å². The molecule has 0 fully saturated rings. The van der Waals surface area contributed by atoms with E-state index in [9.17, 15) is 4.39 Å². The Morgan fingerprint density at radius 3 is 2.71 bits per heavy atom. The number of aryl methyl sites for hydroxylation is 1. The Morgan fingerprint density at radius 1 is 1.43 bits per heavy atom. The van der Waals surface area contributed by atoms with Crippen LogP contribution in [-0.2, 0) is 6.42 Å². The van der Waals surface area contributed by atoms with Crippen LogP contribution in [0.4, 0.5) is 4.39 Å². The SMILES string of the molecule is CC(CBr)CCc1ccc(F)c(Br)c1. The lowest BCUT2D eigenvalue weighted by Crippen LogP contribution is -1.98. The van der Waals surface area contributed by atoms with Gasteiger partial charge in [-0.25, -0.2) is 4.39 Å². The van der Waals surface area contributed by atoms with Crippen molar-refractivity contribution in [1.29, 1.82) is 0 Å². The summed E-state index contributed by atoms with van der Waals surface area (Å²) < 4.78 is 13.5. The molecule has 1 aromatic rings. The van der Waals surface area contributed by atoms with Crippen molar-refractivity contribution in [3.8, 4) is 0 Å². The fourth-order valence-corrected chi connectivity index (χ4v) is 1.94. The fourth-order valence-electron chi connectivity index (χ4n) is 1.19. The normalized spacial score (nSPS) is 12.9. The predicted molar refractivity (Wildman–Crippen MR) is 65.4 cm³/mol. The molecular weight excluding hydrogens is 311 g/mol. The van der Waals surface area contributed by atoms with Gasteiger partial charge in [-0.05, 0) is 52.4 Å². The molecule has 0 aliphatic heterocycles. The Hall–Kier alpha value is 0.110. The quantitative estimate of drug-likeness (QED) is 0.713. The van der Waals surface area contributed by atoms with Crippen molar-refractivity contribution < 1.29 is 4.39 Å². The predicted octanol–water partition coefficient (Wildman–Crippen LogP) is 4.55. The van der Waals surface area contributed by atoms with Gasteiger partial charge >= 0.3 is 0 Å². The lowest BCUT2D eigenvalue weighted by Gasteiger charge is -2.07. The van der Waals surface area contributed by atoms with Gasteiger partial charge in [-0.15, -0.1) is 0 Å². The van der Waals surface area contributed by atoms with Crippen LogP contribution >= 0.6 is 31.9 Å². The van der Waals surface area contributed by atoms with Crippen molar-refractivity contribution in [2.24, 2.45) is 5.92 Å². The van der Waals surface area contributed by atoms with Gasteiger partial charge in [0.15, 0.2) is 0 Å².